The van der Waals surface area contributed by atoms with Crippen molar-refractivity contribution in [1.29, 1.82) is 0 Å². The van der Waals surface area contributed by atoms with Crippen LogP contribution < -0.4 is 5.32 Å². The van der Waals surface area contributed by atoms with Gasteiger partial charge in [0.2, 0.25) is 0 Å². The Kier molecular flexibility index (Phi) is 3.74. The van der Waals surface area contributed by atoms with Crippen LogP contribution in [0.1, 0.15) is 5.56 Å². The molecule has 0 amide bonds. The zero-order valence-electron chi connectivity index (χ0n) is 9.34. The summed E-state index contributed by atoms with van der Waals surface area (Å²) >= 11 is 5.96. The molecular weight excluding hydrogens is 254 g/mol. The highest BCUT2D eigenvalue weighted by atomic mass is 35.5. The number of rotatable bonds is 4. The van der Waals surface area contributed by atoms with E-state index in [9.17, 15) is 10.1 Å². The van der Waals surface area contributed by atoms with Gasteiger partial charge in [-0.3, -0.25) is 15.1 Å². The average molecular weight is 264 g/mol. The summed E-state index contributed by atoms with van der Waals surface area (Å²) in [6, 6.07) is 8.11. The van der Waals surface area contributed by atoms with Crippen molar-refractivity contribution >= 4 is 23.0 Å². The van der Waals surface area contributed by atoms with E-state index in [2.05, 4.69) is 10.3 Å². The second kappa shape index (κ2) is 5.46. The van der Waals surface area contributed by atoms with Gasteiger partial charge in [0.1, 0.15) is 0 Å². The van der Waals surface area contributed by atoms with Crippen LogP contribution in [0.15, 0.2) is 42.7 Å². The molecule has 18 heavy (non-hydrogen) atoms. The number of hydrogen-bond acceptors (Lipinski definition) is 4. The third kappa shape index (κ3) is 2.95. The highest BCUT2D eigenvalue weighted by molar-refractivity contribution is 6.33. The van der Waals surface area contributed by atoms with E-state index in [1.54, 1.807) is 18.5 Å². The van der Waals surface area contributed by atoms with Crippen LogP contribution in [-0.4, -0.2) is 9.91 Å². The summed E-state index contributed by atoms with van der Waals surface area (Å²) in [7, 11) is 0. The Bertz CT molecular complexity index is 561. The largest absolute Gasteiger partial charge is 0.380 e. The van der Waals surface area contributed by atoms with Crippen LogP contribution in [0.5, 0.6) is 0 Å². The monoisotopic (exact) mass is 263 g/mol. The summed E-state index contributed by atoms with van der Waals surface area (Å²) in [5.74, 6) is 0. The molecule has 6 heteroatoms. The fourth-order valence-corrected chi connectivity index (χ4v) is 1.70. The summed E-state index contributed by atoms with van der Waals surface area (Å²) in [4.78, 5) is 14.0. The van der Waals surface area contributed by atoms with Gasteiger partial charge in [-0.25, -0.2) is 0 Å². The molecular formula is C12H10ClN3O2. The van der Waals surface area contributed by atoms with Crippen molar-refractivity contribution in [2.75, 3.05) is 5.32 Å². The third-order valence-electron chi connectivity index (χ3n) is 2.40. The van der Waals surface area contributed by atoms with Crippen LogP contribution in [-0.2, 0) is 6.54 Å². The molecule has 0 aliphatic heterocycles. The lowest BCUT2D eigenvalue weighted by Gasteiger charge is -2.07. The first kappa shape index (κ1) is 12.3. The molecule has 1 aromatic carbocycles. The van der Waals surface area contributed by atoms with Gasteiger partial charge >= 0.3 is 0 Å². The Balaban J connectivity index is 2.08. The number of hydrogen-bond donors (Lipinski definition) is 1. The molecule has 0 unspecified atom stereocenters. The van der Waals surface area contributed by atoms with E-state index >= 15 is 0 Å². The molecule has 1 N–H and O–H groups in total. The molecule has 2 aromatic rings. The van der Waals surface area contributed by atoms with Gasteiger partial charge < -0.3 is 5.32 Å². The number of aromatic nitrogens is 1. The van der Waals surface area contributed by atoms with E-state index < -0.39 is 4.92 Å². The molecule has 2 rings (SSSR count). The van der Waals surface area contributed by atoms with Gasteiger partial charge in [-0.2, -0.15) is 0 Å². The maximum Gasteiger partial charge on any atom is 0.271 e. The Morgan fingerprint density at radius 3 is 2.61 bits per heavy atom. The molecule has 0 atom stereocenters. The molecule has 0 fully saturated rings. The molecule has 0 radical (unpaired) electrons. The molecule has 5 nitrogen and oxygen atoms in total. The molecule has 1 heterocycles. The van der Waals surface area contributed by atoms with Crippen molar-refractivity contribution in [3.63, 3.8) is 0 Å². The molecule has 0 saturated carbocycles. The molecule has 1 aromatic heterocycles. The maximum absolute atomic E-state index is 10.6. The van der Waals surface area contributed by atoms with Crippen LogP contribution in [0.3, 0.4) is 0 Å². The van der Waals surface area contributed by atoms with Gasteiger partial charge in [0.15, 0.2) is 0 Å². The number of halogens is 1. The van der Waals surface area contributed by atoms with Gasteiger partial charge in [-0.15, -0.1) is 0 Å². The van der Waals surface area contributed by atoms with Crippen LogP contribution in [0.25, 0.3) is 0 Å². The lowest BCUT2D eigenvalue weighted by molar-refractivity contribution is -0.384. The minimum absolute atomic E-state index is 0.0190. The van der Waals surface area contributed by atoms with Crippen molar-refractivity contribution < 1.29 is 4.92 Å². The molecule has 0 spiro atoms. The topological polar surface area (TPSA) is 68.1 Å². The normalized spacial score (nSPS) is 10.1. The van der Waals surface area contributed by atoms with Crippen molar-refractivity contribution in [1.82, 2.24) is 4.98 Å². The van der Waals surface area contributed by atoms with E-state index in [0.29, 0.717) is 17.3 Å². The minimum Gasteiger partial charge on any atom is -0.380 e. The summed E-state index contributed by atoms with van der Waals surface area (Å²) in [5, 5.41) is 14.0. The van der Waals surface area contributed by atoms with Crippen LogP contribution >= 0.6 is 11.6 Å². The number of nitro benzene ring substituents is 1. The van der Waals surface area contributed by atoms with E-state index in [1.807, 2.05) is 12.1 Å². The number of non-ortho nitro benzene ring substituents is 1. The van der Waals surface area contributed by atoms with Crippen LogP contribution in [0.2, 0.25) is 5.02 Å². The smallest absolute Gasteiger partial charge is 0.271 e. The van der Waals surface area contributed by atoms with Crippen molar-refractivity contribution in [3.05, 3.63) is 63.4 Å². The number of nitro groups is 1. The van der Waals surface area contributed by atoms with Crippen molar-refractivity contribution in [2.24, 2.45) is 0 Å². The Morgan fingerprint density at radius 2 is 2.00 bits per heavy atom. The maximum atomic E-state index is 10.6. The second-order valence-corrected chi connectivity index (χ2v) is 4.04. The van der Waals surface area contributed by atoms with E-state index in [4.69, 9.17) is 11.6 Å². The first-order valence-corrected chi connectivity index (χ1v) is 5.61. The SMILES string of the molecule is O=[N+]([O-])c1ccc(NCc2ccncc2)c(Cl)c1. The predicted octanol–water partition coefficient (Wildman–Crippen LogP) is 3.26. The van der Waals surface area contributed by atoms with Gasteiger partial charge in [-0.05, 0) is 23.8 Å². The van der Waals surface area contributed by atoms with E-state index in [1.165, 1.54) is 12.1 Å². The summed E-state index contributed by atoms with van der Waals surface area (Å²) in [6.45, 7) is 0.583. The van der Waals surface area contributed by atoms with E-state index in [-0.39, 0.29) is 5.69 Å². The lowest BCUT2D eigenvalue weighted by Crippen LogP contribution is -2.00. The molecule has 0 saturated heterocycles. The Morgan fingerprint density at radius 1 is 1.28 bits per heavy atom. The molecule has 0 aliphatic rings. The van der Waals surface area contributed by atoms with Crippen LogP contribution in [0.4, 0.5) is 11.4 Å². The average Bonchev–Trinajstić information content (AvgIpc) is 2.38. The zero-order valence-corrected chi connectivity index (χ0v) is 10.1. The highest BCUT2D eigenvalue weighted by Crippen LogP contribution is 2.26. The molecule has 0 aliphatic carbocycles. The molecule has 0 bridgehead atoms. The second-order valence-electron chi connectivity index (χ2n) is 3.63. The van der Waals surface area contributed by atoms with Crippen molar-refractivity contribution in [3.8, 4) is 0 Å². The fraction of sp³-hybridized carbons (Fsp3) is 0.0833. The first-order chi connectivity index (χ1) is 8.66. The summed E-state index contributed by atoms with van der Waals surface area (Å²) < 4.78 is 0. The number of nitrogens with one attached hydrogen (secondary N) is 1. The van der Waals surface area contributed by atoms with Gasteiger partial charge in [0, 0.05) is 31.1 Å². The summed E-state index contributed by atoms with van der Waals surface area (Å²) in [6.07, 6.45) is 3.41. The molecule has 92 valence electrons. The van der Waals surface area contributed by atoms with Crippen molar-refractivity contribution in [2.45, 2.75) is 6.54 Å². The fourth-order valence-electron chi connectivity index (χ4n) is 1.46. The minimum atomic E-state index is -0.474. The van der Waals surface area contributed by atoms with Gasteiger partial charge in [-0.1, -0.05) is 11.6 Å². The predicted molar refractivity (Wildman–Crippen MR) is 69.7 cm³/mol. The van der Waals surface area contributed by atoms with Crippen LogP contribution in [0, 0.1) is 10.1 Å². The highest BCUT2D eigenvalue weighted by Gasteiger charge is 2.08. The zero-order chi connectivity index (χ0) is 13.0. The number of pyridine rings is 1. The first-order valence-electron chi connectivity index (χ1n) is 5.23. The number of anilines is 1. The number of nitrogens with zero attached hydrogens (tertiary/aromatic N) is 2. The quantitative estimate of drug-likeness (QED) is 0.679. The van der Waals surface area contributed by atoms with Gasteiger partial charge in [0.05, 0.1) is 15.6 Å². The van der Waals surface area contributed by atoms with Gasteiger partial charge in [0.25, 0.3) is 5.69 Å². The summed E-state index contributed by atoms with van der Waals surface area (Å²) in [5.41, 5.74) is 1.70. The standard InChI is InChI=1S/C12H10ClN3O2/c13-11-7-10(16(17)18)1-2-12(11)15-8-9-3-5-14-6-4-9/h1-7,15H,8H2. The lowest BCUT2D eigenvalue weighted by atomic mass is 10.2. The Hall–Kier alpha value is -2.14. The Labute approximate surface area is 109 Å². The number of benzene rings is 1. The third-order valence-corrected chi connectivity index (χ3v) is 2.71. The van der Waals surface area contributed by atoms with E-state index in [0.717, 1.165) is 5.56 Å².